The van der Waals surface area contributed by atoms with Gasteiger partial charge in [-0.3, -0.25) is 4.79 Å². The lowest BCUT2D eigenvalue weighted by atomic mass is 10.1. The number of carbonyl (C=O) groups is 1. The van der Waals surface area contributed by atoms with Crippen LogP contribution in [0, 0.1) is 0 Å². The molecule has 234 valence electrons. The molecular formula is C32H28ClF3N4O5. The highest BCUT2D eigenvalue weighted by Crippen LogP contribution is 2.35. The number of halogens is 4. The number of nitrogens with one attached hydrogen (secondary N) is 1. The zero-order valence-electron chi connectivity index (χ0n) is 24.4. The molecule has 13 heteroatoms. The summed E-state index contributed by atoms with van der Waals surface area (Å²) in [6.07, 6.45) is -4.82. The molecule has 0 radical (unpaired) electrons. The van der Waals surface area contributed by atoms with Crippen molar-refractivity contribution in [3.63, 3.8) is 0 Å². The number of methoxy groups -OCH3 is 1. The van der Waals surface area contributed by atoms with Crippen molar-refractivity contribution < 1.29 is 36.9 Å². The maximum Gasteiger partial charge on any atom is 0.433 e. The summed E-state index contributed by atoms with van der Waals surface area (Å²) in [7, 11) is 1.44. The Kier molecular flexibility index (Phi) is 9.33. The molecule has 0 bridgehead atoms. The average Bonchev–Trinajstić information content (AvgIpc) is 3.37. The SMILES string of the molecule is CCOc1ccc(COc2ccc(NC(=O)c3nn4c(C(F)(F)F)cc(-c5cccc(OC)c5)nc4c3Cl)cc2)cc1OCC. The van der Waals surface area contributed by atoms with E-state index >= 15 is 0 Å². The fraction of sp³-hybridized carbons (Fsp3) is 0.219. The van der Waals surface area contributed by atoms with Crippen LogP contribution in [0.5, 0.6) is 23.0 Å². The molecule has 0 atom stereocenters. The Morgan fingerprint density at radius 2 is 1.64 bits per heavy atom. The molecule has 5 aromatic rings. The van der Waals surface area contributed by atoms with Gasteiger partial charge in [0.15, 0.2) is 28.5 Å². The third kappa shape index (κ3) is 7.07. The number of hydrogen-bond acceptors (Lipinski definition) is 7. The highest BCUT2D eigenvalue weighted by Gasteiger charge is 2.37. The lowest BCUT2D eigenvalue weighted by Gasteiger charge is -2.13. The van der Waals surface area contributed by atoms with Crippen LogP contribution in [0.25, 0.3) is 16.9 Å². The molecule has 1 N–H and O–H groups in total. The number of ether oxygens (including phenoxy) is 4. The van der Waals surface area contributed by atoms with E-state index in [0.29, 0.717) is 52.0 Å². The van der Waals surface area contributed by atoms with Gasteiger partial charge in [0.05, 0.1) is 26.0 Å². The molecule has 2 heterocycles. The van der Waals surface area contributed by atoms with E-state index in [1.165, 1.54) is 7.11 Å². The predicted molar refractivity (Wildman–Crippen MR) is 162 cm³/mol. The number of anilines is 1. The lowest BCUT2D eigenvalue weighted by Crippen LogP contribution is -2.15. The summed E-state index contributed by atoms with van der Waals surface area (Å²) in [5.41, 5.74) is -0.321. The molecule has 0 unspecified atom stereocenters. The first-order valence-electron chi connectivity index (χ1n) is 13.8. The Morgan fingerprint density at radius 3 is 2.33 bits per heavy atom. The third-order valence-electron chi connectivity index (χ3n) is 6.53. The monoisotopic (exact) mass is 640 g/mol. The number of nitrogens with zero attached hydrogens (tertiary/aromatic N) is 3. The van der Waals surface area contributed by atoms with E-state index in [1.54, 1.807) is 48.5 Å². The summed E-state index contributed by atoms with van der Waals surface area (Å²) >= 11 is 6.41. The van der Waals surface area contributed by atoms with Crippen molar-refractivity contribution in [2.75, 3.05) is 25.6 Å². The summed E-state index contributed by atoms with van der Waals surface area (Å²) in [6.45, 7) is 5.03. The van der Waals surface area contributed by atoms with Crippen molar-refractivity contribution in [3.05, 3.63) is 94.8 Å². The topological polar surface area (TPSA) is 96.2 Å². The van der Waals surface area contributed by atoms with Crippen LogP contribution in [0.4, 0.5) is 18.9 Å². The maximum absolute atomic E-state index is 14.1. The minimum absolute atomic E-state index is 0.0163. The first kappa shape index (κ1) is 31.5. The van der Waals surface area contributed by atoms with Crippen LogP contribution < -0.4 is 24.3 Å². The van der Waals surface area contributed by atoms with E-state index in [9.17, 15) is 18.0 Å². The minimum Gasteiger partial charge on any atom is -0.497 e. The van der Waals surface area contributed by atoms with Crippen LogP contribution in [0.15, 0.2) is 72.8 Å². The number of aromatic nitrogens is 3. The first-order chi connectivity index (χ1) is 21.6. The summed E-state index contributed by atoms with van der Waals surface area (Å²) in [4.78, 5) is 17.4. The van der Waals surface area contributed by atoms with Crippen molar-refractivity contribution in [3.8, 4) is 34.3 Å². The van der Waals surface area contributed by atoms with Gasteiger partial charge in [-0.2, -0.15) is 18.3 Å². The molecule has 3 aromatic carbocycles. The Labute approximate surface area is 261 Å². The van der Waals surface area contributed by atoms with Gasteiger partial charge < -0.3 is 24.3 Å². The number of carbonyl (C=O) groups excluding carboxylic acids is 1. The van der Waals surface area contributed by atoms with Crippen molar-refractivity contribution in [2.24, 2.45) is 0 Å². The molecule has 0 aliphatic rings. The second kappa shape index (κ2) is 13.3. The van der Waals surface area contributed by atoms with E-state index in [2.05, 4.69) is 15.4 Å². The van der Waals surface area contributed by atoms with Crippen LogP contribution >= 0.6 is 11.6 Å². The van der Waals surface area contributed by atoms with Crippen molar-refractivity contribution in [1.82, 2.24) is 14.6 Å². The van der Waals surface area contributed by atoms with Gasteiger partial charge in [0.2, 0.25) is 0 Å². The smallest absolute Gasteiger partial charge is 0.433 e. The maximum atomic E-state index is 14.1. The molecule has 0 saturated heterocycles. The van der Waals surface area contributed by atoms with E-state index < -0.39 is 23.5 Å². The first-order valence-corrected chi connectivity index (χ1v) is 14.2. The molecule has 9 nitrogen and oxygen atoms in total. The Morgan fingerprint density at radius 1 is 0.911 bits per heavy atom. The molecule has 0 saturated carbocycles. The van der Waals surface area contributed by atoms with E-state index in [1.807, 2.05) is 32.0 Å². The normalized spacial score (nSPS) is 11.4. The third-order valence-corrected chi connectivity index (χ3v) is 6.88. The predicted octanol–water partition coefficient (Wildman–Crippen LogP) is 7.71. The van der Waals surface area contributed by atoms with Crippen molar-refractivity contribution in [1.29, 1.82) is 0 Å². The lowest BCUT2D eigenvalue weighted by molar-refractivity contribution is -0.142. The van der Waals surface area contributed by atoms with E-state index in [4.69, 9.17) is 30.5 Å². The van der Waals surface area contributed by atoms with Gasteiger partial charge in [-0.15, -0.1) is 0 Å². The molecule has 0 fully saturated rings. The molecule has 2 aromatic heterocycles. The number of hydrogen-bond donors (Lipinski definition) is 1. The van der Waals surface area contributed by atoms with Crippen molar-refractivity contribution >= 4 is 28.8 Å². The van der Waals surface area contributed by atoms with Crippen LogP contribution in [0.1, 0.15) is 35.6 Å². The second-order valence-corrected chi connectivity index (χ2v) is 9.95. The van der Waals surface area contributed by atoms with Gasteiger partial charge >= 0.3 is 6.18 Å². The minimum atomic E-state index is -4.82. The highest BCUT2D eigenvalue weighted by atomic mass is 35.5. The van der Waals surface area contributed by atoms with Crippen LogP contribution in [0.3, 0.4) is 0 Å². The fourth-order valence-corrected chi connectivity index (χ4v) is 4.69. The molecule has 1 amide bonds. The Balaban J connectivity index is 1.34. The molecular weight excluding hydrogens is 613 g/mol. The van der Waals surface area contributed by atoms with Crippen molar-refractivity contribution in [2.45, 2.75) is 26.6 Å². The number of benzene rings is 3. The number of amides is 1. The molecule has 5 rings (SSSR count). The largest absolute Gasteiger partial charge is 0.497 e. The quantitative estimate of drug-likeness (QED) is 0.158. The van der Waals surface area contributed by atoms with E-state index in [0.717, 1.165) is 11.6 Å². The molecule has 0 spiro atoms. The standard InChI is InChI=1S/C32H28ClF3N4O5/c1-4-43-25-14-9-19(15-26(25)44-5-2)18-45-22-12-10-21(11-13-22)37-31(41)29-28(33)30-38-24(20-7-6-8-23(16-20)42-3)17-27(32(34,35)36)40(30)39-29/h6-17H,4-5,18H2,1-3H3,(H,37,41). The average molecular weight is 641 g/mol. The van der Waals surface area contributed by atoms with Gasteiger partial charge in [0, 0.05) is 11.3 Å². The summed E-state index contributed by atoms with van der Waals surface area (Å²) in [5, 5.41) is 6.16. The van der Waals surface area contributed by atoms with Gasteiger partial charge in [-0.05, 0) is 74.0 Å². The summed E-state index contributed by atoms with van der Waals surface area (Å²) in [5.74, 6) is 1.42. The Bertz CT molecular complexity index is 1830. The van der Waals surface area contributed by atoms with Gasteiger partial charge in [0.1, 0.15) is 23.1 Å². The number of rotatable bonds is 11. The Hall–Kier alpha value is -4.97. The highest BCUT2D eigenvalue weighted by molar-refractivity contribution is 6.37. The number of fused-ring (bicyclic) bond motifs is 1. The molecule has 0 aliphatic carbocycles. The number of alkyl halides is 3. The summed E-state index contributed by atoms with van der Waals surface area (Å²) < 4.78 is 65.1. The van der Waals surface area contributed by atoms with Crippen LogP contribution in [-0.2, 0) is 12.8 Å². The second-order valence-electron chi connectivity index (χ2n) is 9.57. The summed E-state index contributed by atoms with van der Waals surface area (Å²) in [6, 6.07) is 19.2. The molecule has 0 aliphatic heterocycles. The zero-order valence-corrected chi connectivity index (χ0v) is 25.2. The van der Waals surface area contributed by atoms with Gasteiger partial charge in [-0.1, -0.05) is 29.8 Å². The van der Waals surface area contributed by atoms with Crippen LogP contribution in [0.2, 0.25) is 5.02 Å². The fourth-order valence-electron chi connectivity index (χ4n) is 4.45. The van der Waals surface area contributed by atoms with Gasteiger partial charge in [-0.25, -0.2) is 9.50 Å². The van der Waals surface area contributed by atoms with Gasteiger partial charge in [0.25, 0.3) is 5.91 Å². The van der Waals surface area contributed by atoms with Crippen LogP contribution in [-0.4, -0.2) is 40.8 Å². The van der Waals surface area contributed by atoms with E-state index in [-0.39, 0.29) is 23.0 Å². The zero-order chi connectivity index (χ0) is 32.1. The molecule has 45 heavy (non-hydrogen) atoms.